The second-order valence-corrected chi connectivity index (χ2v) is 5.04. The molecule has 0 bridgehead atoms. The molecule has 0 aromatic heterocycles. The molecule has 2 aromatic carbocycles. The number of hydrogen-bond acceptors (Lipinski definition) is 3. The van der Waals surface area contributed by atoms with Crippen molar-refractivity contribution in [1.29, 1.82) is 0 Å². The molecule has 0 radical (unpaired) electrons. The highest BCUT2D eigenvalue weighted by Crippen LogP contribution is 2.30. The highest BCUT2D eigenvalue weighted by molar-refractivity contribution is 9.10. The average Bonchev–Trinajstić information content (AvgIpc) is 2.33. The van der Waals surface area contributed by atoms with Crippen molar-refractivity contribution < 1.29 is 15.0 Å². The van der Waals surface area contributed by atoms with Crippen molar-refractivity contribution >= 4 is 39.1 Å². The van der Waals surface area contributed by atoms with Gasteiger partial charge in [-0.3, -0.25) is 4.79 Å². The number of hydrogen-bond donors (Lipinski definition) is 3. The monoisotopic (exact) mass is 341 g/mol. The molecule has 0 unspecified atom stereocenters. The molecule has 6 heteroatoms. The summed E-state index contributed by atoms with van der Waals surface area (Å²) in [7, 11) is 0. The molecule has 1 amide bonds. The van der Waals surface area contributed by atoms with E-state index in [2.05, 4.69) is 21.2 Å². The van der Waals surface area contributed by atoms with E-state index in [9.17, 15) is 15.0 Å². The number of benzene rings is 2. The first-order valence-corrected chi connectivity index (χ1v) is 6.43. The van der Waals surface area contributed by atoms with Crippen LogP contribution < -0.4 is 5.32 Å². The van der Waals surface area contributed by atoms with E-state index in [0.29, 0.717) is 15.2 Å². The number of phenolic OH excluding ortho intramolecular Hbond substituents is 2. The maximum atomic E-state index is 12.0. The summed E-state index contributed by atoms with van der Waals surface area (Å²) in [6, 6.07) is 8.99. The van der Waals surface area contributed by atoms with Gasteiger partial charge in [0, 0.05) is 9.50 Å². The molecule has 0 aliphatic heterocycles. The standard InChI is InChI=1S/C13H9BrClNO3/c14-8-5-4-7(15)6-9(8)16-13(19)12-10(17)2-1-3-11(12)18/h1-6,17-18H,(H,16,19). The lowest BCUT2D eigenvalue weighted by molar-refractivity contribution is 0.102. The SMILES string of the molecule is O=C(Nc1cc(Cl)ccc1Br)c1c(O)cccc1O. The number of amides is 1. The molecule has 0 atom stereocenters. The van der Waals surface area contributed by atoms with Crippen LogP contribution in [0.3, 0.4) is 0 Å². The quantitative estimate of drug-likeness (QED) is 0.778. The van der Waals surface area contributed by atoms with Crippen molar-refractivity contribution in [2.24, 2.45) is 0 Å². The second-order valence-electron chi connectivity index (χ2n) is 3.75. The van der Waals surface area contributed by atoms with E-state index < -0.39 is 5.91 Å². The maximum absolute atomic E-state index is 12.0. The molecule has 0 heterocycles. The summed E-state index contributed by atoms with van der Waals surface area (Å²) in [6.07, 6.45) is 0. The van der Waals surface area contributed by atoms with Gasteiger partial charge in [-0.15, -0.1) is 0 Å². The first-order chi connectivity index (χ1) is 8.99. The number of nitrogens with one attached hydrogen (secondary N) is 1. The summed E-state index contributed by atoms with van der Waals surface area (Å²) in [5.74, 6) is -1.22. The van der Waals surface area contributed by atoms with Crippen LogP contribution in [-0.4, -0.2) is 16.1 Å². The summed E-state index contributed by atoms with van der Waals surface area (Å²) in [6.45, 7) is 0. The Balaban J connectivity index is 2.34. The number of rotatable bonds is 2. The first-order valence-electron chi connectivity index (χ1n) is 5.26. The third kappa shape index (κ3) is 3.00. The summed E-state index contributed by atoms with van der Waals surface area (Å²) in [5.41, 5.74) is 0.259. The predicted octanol–water partition coefficient (Wildman–Crippen LogP) is 3.77. The smallest absolute Gasteiger partial charge is 0.263 e. The van der Waals surface area contributed by atoms with Crippen molar-refractivity contribution in [3.63, 3.8) is 0 Å². The first kappa shape index (κ1) is 13.7. The molecule has 0 aliphatic carbocycles. The zero-order chi connectivity index (χ0) is 14.0. The summed E-state index contributed by atoms with van der Waals surface area (Å²) in [4.78, 5) is 12.0. The molecule has 3 N–H and O–H groups in total. The van der Waals surface area contributed by atoms with Crippen LogP contribution in [0.1, 0.15) is 10.4 Å². The molecule has 98 valence electrons. The van der Waals surface area contributed by atoms with Gasteiger partial charge in [0.2, 0.25) is 0 Å². The molecule has 0 fully saturated rings. The number of carbonyl (C=O) groups excluding carboxylic acids is 1. The Morgan fingerprint density at radius 3 is 2.42 bits per heavy atom. The Bertz CT molecular complexity index is 626. The fourth-order valence-corrected chi connectivity index (χ4v) is 2.06. The van der Waals surface area contributed by atoms with Crippen LogP contribution in [0.2, 0.25) is 5.02 Å². The lowest BCUT2D eigenvalue weighted by Gasteiger charge is -2.10. The van der Waals surface area contributed by atoms with Crippen molar-refractivity contribution in [1.82, 2.24) is 0 Å². The zero-order valence-electron chi connectivity index (χ0n) is 9.52. The van der Waals surface area contributed by atoms with Gasteiger partial charge in [0.05, 0.1) is 5.69 Å². The van der Waals surface area contributed by atoms with Crippen LogP contribution in [0.25, 0.3) is 0 Å². The largest absolute Gasteiger partial charge is 0.507 e. The van der Waals surface area contributed by atoms with Crippen LogP contribution in [0.15, 0.2) is 40.9 Å². The van der Waals surface area contributed by atoms with Crippen LogP contribution in [-0.2, 0) is 0 Å². The van der Waals surface area contributed by atoms with Gasteiger partial charge in [0.25, 0.3) is 5.91 Å². The summed E-state index contributed by atoms with van der Waals surface area (Å²) < 4.78 is 0.639. The minimum absolute atomic E-state index is 0.186. The molecular weight excluding hydrogens is 334 g/mol. The van der Waals surface area contributed by atoms with Crippen molar-refractivity contribution in [3.8, 4) is 11.5 Å². The number of halogens is 2. The Hall–Kier alpha value is -1.72. The molecule has 0 spiro atoms. The van der Waals surface area contributed by atoms with Crippen molar-refractivity contribution in [2.75, 3.05) is 5.32 Å². The number of phenols is 2. The summed E-state index contributed by atoms with van der Waals surface area (Å²) >= 11 is 9.11. The predicted molar refractivity (Wildman–Crippen MR) is 76.9 cm³/mol. The van der Waals surface area contributed by atoms with Gasteiger partial charge in [0.1, 0.15) is 17.1 Å². The maximum Gasteiger partial charge on any atom is 0.263 e. The molecule has 2 aromatic rings. The second kappa shape index (κ2) is 5.50. The van der Waals surface area contributed by atoms with E-state index >= 15 is 0 Å². The third-order valence-corrected chi connectivity index (χ3v) is 3.35. The van der Waals surface area contributed by atoms with Crippen LogP contribution >= 0.6 is 27.5 Å². The van der Waals surface area contributed by atoms with Crippen molar-refractivity contribution in [2.45, 2.75) is 0 Å². The van der Waals surface area contributed by atoms with Gasteiger partial charge in [-0.1, -0.05) is 17.7 Å². The lowest BCUT2D eigenvalue weighted by Crippen LogP contribution is -2.12. The number of carbonyl (C=O) groups is 1. The Labute approximate surface area is 122 Å². The molecule has 0 saturated carbocycles. The third-order valence-electron chi connectivity index (χ3n) is 2.42. The average molecular weight is 343 g/mol. The van der Waals surface area contributed by atoms with Gasteiger partial charge in [-0.05, 0) is 46.3 Å². The van der Waals surface area contributed by atoms with Crippen molar-refractivity contribution in [3.05, 3.63) is 51.5 Å². The number of anilines is 1. The highest BCUT2D eigenvalue weighted by atomic mass is 79.9. The Morgan fingerprint density at radius 1 is 1.16 bits per heavy atom. The zero-order valence-corrected chi connectivity index (χ0v) is 11.9. The summed E-state index contributed by atoms with van der Waals surface area (Å²) in [5, 5.41) is 22.2. The normalized spacial score (nSPS) is 10.2. The van der Waals surface area contributed by atoms with Gasteiger partial charge in [-0.25, -0.2) is 0 Å². The number of aromatic hydroxyl groups is 2. The molecule has 19 heavy (non-hydrogen) atoms. The van der Waals surface area contributed by atoms with E-state index in [0.717, 1.165) is 0 Å². The van der Waals surface area contributed by atoms with Crippen LogP contribution in [0.4, 0.5) is 5.69 Å². The Kier molecular flexibility index (Phi) is 3.97. The van der Waals surface area contributed by atoms with E-state index in [1.807, 2.05) is 0 Å². The van der Waals surface area contributed by atoms with Crippen LogP contribution in [0.5, 0.6) is 11.5 Å². The minimum Gasteiger partial charge on any atom is -0.507 e. The molecule has 2 rings (SSSR count). The van der Waals surface area contributed by atoms with Gasteiger partial charge >= 0.3 is 0 Å². The minimum atomic E-state index is -0.626. The van der Waals surface area contributed by atoms with Gasteiger partial charge in [0.15, 0.2) is 0 Å². The molecule has 0 aliphatic rings. The van der Waals surface area contributed by atoms with E-state index in [4.69, 9.17) is 11.6 Å². The molecular formula is C13H9BrClNO3. The fourth-order valence-electron chi connectivity index (χ4n) is 1.54. The molecule has 0 saturated heterocycles. The van der Waals surface area contributed by atoms with Gasteiger partial charge in [-0.2, -0.15) is 0 Å². The highest BCUT2D eigenvalue weighted by Gasteiger charge is 2.17. The topological polar surface area (TPSA) is 69.6 Å². The lowest BCUT2D eigenvalue weighted by atomic mass is 10.1. The molecule has 4 nitrogen and oxygen atoms in total. The van der Waals surface area contributed by atoms with E-state index in [1.54, 1.807) is 18.2 Å². The van der Waals surface area contributed by atoms with E-state index in [1.165, 1.54) is 18.2 Å². The Morgan fingerprint density at radius 2 is 1.79 bits per heavy atom. The van der Waals surface area contributed by atoms with Gasteiger partial charge < -0.3 is 15.5 Å². The fraction of sp³-hybridized carbons (Fsp3) is 0. The van der Waals surface area contributed by atoms with E-state index in [-0.39, 0.29) is 17.1 Å². The van der Waals surface area contributed by atoms with Crippen LogP contribution in [0, 0.1) is 0 Å².